The van der Waals surface area contributed by atoms with Crippen molar-refractivity contribution in [2.75, 3.05) is 13.2 Å². The number of allylic oxidation sites excluding steroid dienone is 20. The zero-order chi connectivity index (χ0) is 58.5. The second-order valence-electron chi connectivity index (χ2n) is 22.3. The van der Waals surface area contributed by atoms with Crippen LogP contribution in [0.1, 0.15) is 316 Å². The maximum absolute atomic E-state index is 12.9. The lowest BCUT2D eigenvalue weighted by atomic mass is 10.0. The van der Waals surface area contributed by atoms with Crippen LogP contribution in [0.25, 0.3) is 0 Å². The third kappa shape index (κ3) is 66.5. The summed E-state index contributed by atoms with van der Waals surface area (Å²) < 4.78 is 16.9. The molecule has 0 heterocycles. The van der Waals surface area contributed by atoms with Crippen molar-refractivity contribution in [1.82, 2.24) is 0 Å². The topological polar surface area (TPSA) is 78.9 Å². The van der Waals surface area contributed by atoms with E-state index in [9.17, 15) is 14.4 Å². The molecule has 0 aromatic carbocycles. The quantitative estimate of drug-likeness (QED) is 0.0261. The van der Waals surface area contributed by atoms with Crippen LogP contribution in [0.4, 0.5) is 0 Å². The minimum absolute atomic E-state index is 0.0860. The molecule has 0 aromatic heterocycles. The van der Waals surface area contributed by atoms with Gasteiger partial charge >= 0.3 is 17.9 Å². The Balaban J connectivity index is 4.19. The standard InChI is InChI=1S/C75H126O6/c1-4-7-10-13-16-19-22-25-27-29-30-31-32-33-34-35-36-37-38-39-40-41-42-43-44-46-47-50-53-56-59-62-65-68-74(77)80-71-72(70-79-73(76)67-64-61-58-55-52-49-24-21-18-15-12-9-6-3)81-75(78)69-66-63-60-57-54-51-48-45-28-26-23-20-17-14-11-8-5-2/h7-8,10-12,15-17,19-21,24-28,30-31,33-34,72H,4-6,9,13-14,18,22-23,29,32,35-71H2,1-3H3/b10-7-,11-8-,15-12-,19-16-,20-17-,24-21-,27-25-,28-26-,31-30-,34-33-. The Morgan fingerprint density at radius 1 is 0.259 bits per heavy atom. The number of hydrogen-bond donors (Lipinski definition) is 0. The Hall–Kier alpha value is -4.19. The van der Waals surface area contributed by atoms with E-state index < -0.39 is 6.10 Å². The largest absolute Gasteiger partial charge is 0.462 e. The highest BCUT2D eigenvalue weighted by atomic mass is 16.6. The van der Waals surface area contributed by atoms with Crippen LogP contribution in [-0.4, -0.2) is 37.2 Å². The third-order valence-electron chi connectivity index (χ3n) is 14.4. The predicted octanol–water partition coefficient (Wildman–Crippen LogP) is 23.6. The van der Waals surface area contributed by atoms with Crippen LogP contribution in [0.3, 0.4) is 0 Å². The number of rotatable bonds is 61. The predicted molar refractivity (Wildman–Crippen MR) is 353 cm³/mol. The van der Waals surface area contributed by atoms with E-state index in [1.54, 1.807) is 0 Å². The summed E-state index contributed by atoms with van der Waals surface area (Å²) in [7, 11) is 0. The monoisotopic (exact) mass is 1120 g/mol. The van der Waals surface area contributed by atoms with Gasteiger partial charge in [0.2, 0.25) is 0 Å². The van der Waals surface area contributed by atoms with E-state index >= 15 is 0 Å². The van der Waals surface area contributed by atoms with Gasteiger partial charge < -0.3 is 14.2 Å². The molecule has 0 spiro atoms. The summed E-state index contributed by atoms with van der Waals surface area (Å²) in [5.41, 5.74) is 0. The number of carbonyl (C=O) groups excluding carboxylic acids is 3. The Kier molecular flexibility index (Phi) is 64.8. The Labute approximate surface area is 501 Å². The van der Waals surface area contributed by atoms with Gasteiger partial charge in [0, 0.05) is 19.3 Å². The van der Waals surface area contributed by atoms with Gasteiger partial charge in [-0.3, -0.25) is 14.4 Å². The molecule has 6 nitrogen and oxygen atoms in total. The molecule has 0 N–H and O–H groups in total. The maximum atomic E-state index is 12.9. The van der Waals surface area contributed by atoms with E-state index in [-0.39, 0.29) is 31.1 Å². The normalized spacial score (nSPS) is 12.9. The van der Waals surface area contributed by atoms with Crippen LogP contribution in [0.15, 0.2) is 122 Å². The molecule has 0 fully saturated rings. The summed E-state index contributed by atoms with van der Waals surface area (Å²) in [6.07, 6.45) is 95.1. The molecule has 1 unspecified atom stereocenters. The fourth-order valence-electron chi connectivity index (χ4n) is 9.41. The zero-order valence-electron chi connectivity index (χ0n) is 53.0. The molecule has 462 valence electrons. The van der Waals surface area contributed by atoms with E-state index in [1.807, 2.05) is 0 Å². The Morgan fingerprint density at radius 3 is 0.753 bits per heavy atom. The molecule has 0 rings (SSSR count). The zero-order valence-corrected chi connectivity index (χ0v) is 53.0. The summed E-state index contributed by atoms with van der Waals surface area (Å²) in [5, 5.41) is 0. The number of unbranched alkanes of at least 4 members (excludes halogenated alkanes) is 30. The first kappa shape index (κ1) is 76.8. The van der Waals surface area contributed by atoms with E-state index in [0.717, 1.165) is 148 Å². The van der Waals surface area contributed by atoms with Gasteiger partial charge in [0.15, 0.2) is 6.10 Å². The first-order valence-corrected chi connectivity index (χ1v) is 34.0. The van der Waals surface area contributed by atoms with Gasteiger partial charge in [0.1, 0.15) is 13.2 Å². The first-order valence-electron chi connectivity index (χ1n) is 34.0. The van der Waals surface area contributed by atoms with E-state index in [0.29, 0.717) is 19.3 Å². The molecule has 0 saturated carbocycles. The third-order valence-corrected chi connectivity index (χ3v) is 14.4. The number of hydrogen-bond acceptors (Lipinski definition) is 6. The molecule has 0 aromatic rings. The first-order chi connectivity index (χ1) is 40.0. The van der Waals surface area contributed by atoms with Crippen molar-refractivity contribution < 1.29 is 28.6 Å². The smallest absolute Gasteiger partial charge is 0.306 e. The molecule has 0 aliphatic carbocycles. The van der Waals surface area contributed by atoms with E-state index in [4.69, 9.17) is 14.2 Å². The average Bonchev–Trinajstić information content (AvgIpc) is 3.46. The summed E-state index contributed by atoms with van der Waals surface area (Å²) in [6.45, 7) is 6.35. The van der Waals surface area contributed by atoms with Crippen LogP contribution in [-0.2, 0) is 28.6 Å². The van der Waals surface area contributed by atoms with Crippen molar-refractivity contribution in [1.29, 1.82) is 0 Å². The molecule has 0 bridgehead atoms. The van der Waals surface area contributed by atoms with Crippen molar-refractivity contribution in [3.63, 3.8) is 0 Å². The summed E-state index contributed by atoms with van der Waals surface area (Å²) in [5.74, 6) is -0.902. The molecule has 0 radical (unpaired) electrons. The van der Waals surface area contributed by atoms with Gasteiger partial charge in [-0.05, 0) is 122 Å². The fraction of sp³-hybridized carbons (Fsp3) is 0.693. The van der Waals surface area contributed by atoms with Gasteiger partial charge in [-0.2, -0.15) is 0 Å². The Bertz CT molecular complexity index is 1670. The highest BCUT2D eigenvalue weighted by Crippen LogP contribution is 2.17. The second kappa shape index (κ2) is 68.3. The molecule has 0 aliphatic rings. The van der Waals surface area contributed by atoms with Crippen molar-refractivity contribution in [2.24, 2.45) is 0 Å². The molecule has 0 amide bonds. The molecule has 1 atom stereocenters. The lowest BCUT2D eigenvalue weighted by Crippen LogP contribution is -2.30. The average molecular weight is 1120 g/mol. The molecule has 6 heteroatoms. The number of carbonyl (C=O) groups is 3. The SMILES string of the molecule is CC/C=C\C/C=C\C/C=C\C/C=C\C/C=C\CCCCCCCCCCCCCCCCCCCC(=O)OCC(COC(=O)CCCCCCC/C=C\C/C=C\CCC)OC(=O)CCCCCCCCC/C=C\C/C=C\C/C=C\CC. The fourth-order valence-corrected chi connectivity index (χ4v) is 9.41. The molecular formula is C75H126O6. The van der Waals surface area contributed by atoms with E-state index in [2.05, 4.69) is 142 Å². The molecule has 0 saturated heterocycles. The Morgan fingerprint density at radius 2 is 0.481 bits per heavy atom. The molecule has 0 aliphatic heterocycles. The van der Waals surface area contributed by atoms with E-state index in [1.165, 1.54) is 128 Å². The second-order valence-corrected chi connectivity index (χ2v) is 22.3. The molecule has 81 heavy (non-hydrogen) atoms. The molecular weight excluding hydrogens is 997 g/mol. The van der Waals surface area contributed by atoms with Crippen LogP contribution in [0.5, 0.6) is 0 Å². The van der Waals surface area contributed by atoms with Crippen LogP contribution in [0.2, 0.25) is 0 Å². The van der Waals surface area contributed by atoms with Gasteiger partial charge in [0.05, 0.1) is 0 Å². The summed E-state index contributed by atoms with van der Waals surface area (Å²) in [4.78, 5) is 38.3. The minimum atomic E-state index is -0.791. The van der Waals surface area contributed by atoms with Gasteiger partial charge in [-0.1, -0.05) is 296 Å². The lowest BCUT2D eigenvalue weighted by Gasteiger charge is -2.18. The highest BCUT2D eigenvalue weighted by Gasteiger charge is 2.19. The van der Waals surface area contributed by atoms with Gasteiger partial charge in [-0.25, -0.2) is 0 Å². The lowest BCUT2D eigenvalue weighted by molar-refractivity contribution is -0.167. The number of ether oxygens (including phenoxy) is 3. The van der Waals surface area contributed by atoms with Crippen molar-refractivity contribution in [2.45, 2.75) is 322 Å². The maximum Gasteiger partial charge on any atom is 0.306 e. The van der Waals surface area contributed by atoms with Gasteiger partial charge in [-0.15, -0.1) is 0 Å². The number of esters is 3. The highest BCUT2D eigenvalue weighted by molar-refractivity contribution is 5.71. The van der Waals surface area contributed by atoms with Crippen LogP contribution < -0.4 is 0 Å². The van der Waals surface area contributed by atoms with Crippen molar-refractivity contribution in [3.8, 4) is 0 Å². The summed E-state index contributed by atoms with van der Waals surface area (Å²) >= 11 is 0. The summed E-state index contributed by atoms with van der Waals surface area (Å²) in [6, 6.07) is 0. The van der Waals surface area contributed by atoms with Crippen molar-refractivity contribution in [3.05, 3.63) is 122 Å². The van der Waals surface area contributed by atoms with Crippen LogP contribution in [0, 0.1) is 0 Å². The van der Waals surface area contributed by atoms with Gasteiger partial charge in [0.25, 0.3) is 0 Å². The van der Waals surface area contributed by atoms with Crippen molar-refractivity contribution >= 4 is 17.9 Å². The van der Waals surface area contributed by atoms with Crippen LogP contribution >= 0.6 is 0 Å². The minimum Gasteiger partial charge on any atom is -0.462 e.